The SMILES string of the molecule is CC(C)C[NH2+]Cc1ccc(-c2ccccc2F)o1. The smallest absolute Gasteiger partial charge is 0.158 e. The molecule has 0 aliphatic heterocycles. The Hall–Kier alpha value is -1.61. The molecule has 0 bridgehead atoms. The molecule has 3 heteroatoms. The van der Waals surface area contributed by atoms with Gasteiger partial charge in [-0.1, -0.05) is 26.0 Å². The van der Waals surface area contributed by atoms with Gasteiger partial charge in [0, 0.05) is 5.92 Å². The number of hydrogen-bond donors (Lipinski definition) is 1. The molecule has 0 saturated heterocycles. The topological polar surface area (TPSA) is 29.8 Å². The number of hydrogen-bond acceptors (Lipinski definition) is 1. The van der Waals surface area contributed by atoms with Gasteiger partial charge >= 0.3 is 0 Å². The summed E-state index contributed by atoms with van der Waals surface area (Å²) in [4.78, 5) is 0. The first-order valence-corrected chi connectivity index (χ1v) is 6.32. The molecular weight excluding hydrogens is 229 g/mol. The van der Waals surface area contributed by atoms with Crippen LogP contribution in [0.2, 0.25) is 0 Å². The number of benzene rings is 1. The number of furan rings is 1. The molecule has 1 aromatic carbocycles. The Labute approximate surface area is 107 Å². The van der Waals surface area contributed by atoms with Gasteiger partial charge in [-0.2, -0.15) is 0 Å². The molecule has 0 atom stereocenters. The third kappa shape index (κ3) is 3.20. The van der Waals surface area contributed by atoms with E-state index in [1.54, 1.807) is 12.1 Å². The van der Waals surface area contributed by atoms with Gasteiger partial charge < -0.3 is 9.73 Å². The highest BCUT2D eigenvalue weighted by atomic mass is 19.1. The average molecular weight is 248 g/mol. The van der Waals surface area contributed by atoms with Crippen molar-refractivity contribution in [2.45, 2.75) is 20.4 Å². The van der Waals surface area contributed by atoms with Crippen molar-refractivity contribution in [3.05, 3.63) is 48.0 Å². The molecule has 2 N–H and O–H groups in total. The summed E-state index contributed by atoms with van der Waals surface area (Å²) < 4.78 is 19.2. The lowest BCUT2D eigenvalue weighted by Gasteiger charge is -2.02. The predicted octanol–water partition coefficient (Wildman–Crippen LogP) is 2.81. The summed E-state index contributed by atoms with van der Waals surface area (Å²) in [5, 5.41) is 2.20. The molecule has 0 saturated carbocycles. The molecule has 1 heterocycles. The van der Waals surface area contributed by atoms with Crippen LogP contribution in [0.1, 0.15) is 19.6 Å². The minimum Gasteiger partial charge on any atom is -0.455 e. The van der Waals surface area contributed by atoms with Crippen LogP contribution in [0.25, 0.3) is 11.3 Å². The maximum absolute atomic E-state index is 13.6. The molecule has 0 fully saturated rings. The number of nitrogens with two attached hydrogens (primary N) is 1. The van der Waals surface area contributed by atoms with E-state index in [-0.39, 0.29) is 5.82 Å². The maximum Gasteiger partial charge on any atom is 0.158 e. The summed E-state index contributed by atoms with van der Waals surface area (Å²) in [6, 6.07) is 10.4. The van der Waals surface area contributed by atoms with Gasteiger partial charge in [0.1, 0.15) is 18.1 Å². The zero-order valence-electron chi connectivity index (χ0n) is 10.8. The Morgan fingerprint density at radius 2 is 1.94 bits per heavy atom. The lowest BCUT2D eigenvalue weighted by atomic mass is 10.1. The van der Waals surface area contributed by atoms with Gasteiger partial charge in [-0.25, -0.2) is 4.39 Å². The van der Waals surface area contributed by atoms with Gasteiger partial charge in [-0.3, -0.25) is 0 Å². The van der Waals surface area contributed by atoms with Crippen LogP contribution in [0.5, 0.6) is 0 Å². The van der Waals surface area contributed by atoms with E-state index in [1.165, 1.54) is 6.07 Å². The average Bonchev–Trinajstić information content (AvgIpc) is 2.78. The van der Waals surface area contributed by atoms with Gasteiger partial charge in [0.25, 0.3) is 0 Å². The summed E-state index contributed by atoms with van der Waals surface area (Å²) in [5.41, 5.74) is 0.521. The molecule has 0 aliphatic carbocycles. The molecule has 2 rings (SSSR count). The molecule has 0 aliphatic rings. The first kappa shape index (κ1) is 12.8. The highest BCUT2D eigenvalue weighted by molar-refractivity contribution is 5.58. The minimum atomic E-state index is -0.246. The predicted molar refractivity (Wildman–Crippen MR) is 69.4 cm³/mol. The fourth-order valence-electron chi connectivity index (χ4n) is 1.85. The van der Waals surface area contributed by atoms with Gasteiger partial charge in [-0.15, -0.1) is 0 Å². The van der Waals surface area contributed by atoms with Crippen LogP contribution in [0.3, 0.4) is 0 Å². The quantitative estimate of drug-likeness (QED) is 0.866. The van der Waals surface area contributed by atoms with E-state index >= 15 is 0 Å². The number of rotatable bonds is 5. The molecule has 0 spiro atoms. The zero-order chi connectivity index (χ0) is 13.0. The van der Waals surface area contributed by atoms with Crippen LogP contribution in [-0.2, 0) is 6.54 Å². The second-order valence-corrected chi connectivity index (χ2v) is 4.87. The first-order valence-electron chi connectivity index (χ1n) is 6.32. The standard InChI is InChI=1S/C15H18FNO/c1-11(2)9-17-10-12-7-8-15(18-12)13-5-3-4-6-14(13)16/h3-8,11,17H,9-10H2,1-2H3/p+1. The highest BCUT2D eigenvalue weighted by Gasteiger charge is 2.09. The van der Waals surface area contributed by atoms with Gasteiger partial charge in [-0.05, 0) is 24.3 Å². The second kappa shape index (κ2) is 5.83. The summed E-state index contributed by atoms with van der Waals surface area (Å²) in [6.07, 6.45) is 0. The van der Waals surface area contributed by atoms with Crippen LogP contribution in [0.15, 0.2) is 40.8 Å². The number of quaternary nitrogens is 1. The van der Waals surface area contributed by atoms with Gasteiger partial charge in [0.15, 0.2) is 5.76 Å². The molecule has 0 unspecified atom stereocenters. The fraction of sp³-hybridized carbons (Fsp3) is 0.333. The van der Waals surface area contributed by atoms with E-state index in [9.17, 15) is 4.39 Å². The fourth-order valence-corrected chi connectivity index (χ4v) is 1.85. The Morgan fingerprint density at radius 3 is 2.67 bits per heavy atom. The zero-order valence-corrected chi connectivity index (χ0v) is 10.8. The van der Waals surface area contributed by atoms with Crippen molar-refractivity contribution in [3.63, 3.8) is 0 Å². The largest absolute Gasteiger partial charge is 0.455 e. The first-order chi connectivity index (χ1) is 8.66. The van der Waals surface area contributed by atoms with E-state index in [2.05, 4.69) is 19.2 Å². The van der Waals surface area contributed by atoms with E-state index in [1.807, 2.05) is 18.2 Å². The van der Waals surface area contributed by atoms with Crippen LogP contribution in [-0.4, -0.2) is 6.54 Å². The van der Waals surface area contributed by atoms with Crippen LogP contribution < -0.4 is 5.32 Å². The number of halogens is 1. The highest BCUT2D eigenvalue weighted by Crippen LogP contribution is 2.24. The summed E-state index contributed by atoms with van der Waals surface area (Å²) in [6.45, 7) is 6.23. The van der Waals surface area contributed by atoms with Crippen molar-refractivity contribution < 1.29 is 14.1 Å². The normalized spacial score (nSPS) is 11.1. The Kier molecular flexibility index (Phi) is 4.15. The Morgan fingerprint density at radius 1 is 1.17 bits per heavy atom. The monoisotopic (exact) mass is 248 g/mol. The molecule has 1 aromatic heterocycles. The third-order valence-electron chi connectivity index (χ3n) is 2.78. The van der Waals surface area contributed by atoms with Crippen molar-refractivity contribution in [1.29, 1.82) is 0 Å². The van der Waals surface area contributed by atoms with E-state index in [4.69, 9.17) is 4.42 Å². The van der Waals surface area contributed by atoms with Crippen LogP contribution >= 0.6 is 0 Å². The van der Waals surface area contributed by atoms with Crippen LogP contribution in [0.4, 0.5) is 4.39 Å². The van der Waals surface area contributed by atoms with Crippen molar-refractivity contribution in [2.24, 2.45) is 5.92 Å². The minimum absolute atomic E-state index is 0.246. The summed E-state index contributed by atoms with van der Waals surface area (Å²) in [7, 11) is 0. The van der Waals surface area contributed by atoms with Crippen LogP contribution in [0, 0.1) is 11.7 Å². The Bertz CT molecular complexity index is 505. The van der Waals surface area contributed by atoms with Crippen molar-refractivity contribution in [2.75, 3.05) is 6.54 Å². The maximum atomic E-state index is 13.6. The van der Waals surface area contributed by atoms with Gasteiger partial charge in [0.05, 0.1) is 12.1 Å². The van der Waals surface area contributed by atoms with Crippen molar-refractivity contribution >= 4 is 0 Å². The molecular formula is C15H19FNO+. The third-order valence-corrected chi connectivity index (χ3v) is 2.78. The van der Waals surface area contributed by atoms with E-state index in [0.29, 0.717) is 17.2 Å². The lowest BCUT2D eigenvalue weighted by molar-refractivity contribution is -0.676. The lowest BCUT2D eigenvalue weighted by Crippen LogP contribution is -2.83. The molecule has 0 radical (unpaired) electrons. The van der Waals surface area contributed by atoms with Crippen molar-refractivity contribution in [1.82, 2.24) is 0 Å². The second-order valence-electron chi connectivity index (χ2n) is 4.87. The summed E-state index contributed by atoms with van der Waals surface area (Å²) >= 11 is 0. The van der Waals surface area contributed by atoms with E-state index in [0.717, 1.165) is 18.8 Å². The summed E-state index contributed by atoms with van der Waals surface area (Å²) in [5.74, 6) is 1.89. The molecule has 96 valence electrons. The molecule has 18 heavy (non-hydrogen) atoms. The van der Waals surface area contributed by atoms with Gasteiger partial charge in [0.2, 0.25) is 0 Å². The molecule has 0 amide bonds. The molecule has 2 aromatic rings. The van der Waals surface area contributed by atoms with Crippen molar-refractivity contribution in [3.8, 4) is 11.3 Å². The van der Waals surface area contributed by atoms with E-state index < -0.39 is 0 Å². The molecule has 2 nitrogen and oxygen atoms in total. The Balaban J connectivity index is 2.04.